The van der Waals surface area contributed by atoms with Crippen LogP contribution in [0.5, 0.6) is 0 Å². The number of thiazole rings is 1. The molecule has 1 unspecified atom stereocenters. The van der Waals surface area contributed by atoms with Crippen molar-refractivity contribution in [3.8, 4) is 0 Å². The maximum absolute atomic E-state index is 5.50. The third-order valence-electron chi connectivity index (χ3n) is 5.06. The molecule has 140 valence electrons. The second kappa shape index (κ2) is 8.96. The minimum atomic E-state index is 0.732. The van der Waals surface area contributed by atoms with E-state index in [1.165, 1.54) is 23.5 Å². The van der Waals surface area contributed by atoms with Gasteiger partial charge < -0.3 is 15.0 Å². The molecule has 0 amide bonds. The Hall–Kier alpha value is -1.18. The Morgan fingerprint density at radius 2 is 2.12 bits per heavy atom. The van der Waals surface area contributed by atoms with Gasteiger partial charge in [0, 0.05) is 64.2 Å². The number of guanidine groups is 1. The molecule has 6 nitrogen and oxygen atoms in total. The lowest BCUT2D eigenvalue weighted by atomic mass is 10.1. The van der Waals surface area contributed by atoms with E-state index < -0.39 is 0 Å². The average molecular weight is 366 g/mol. The van der Waals surface area contributed by atoms with Gasteiger partial charge in [0.15, 0.2) is 5.96 Å². The standard InChI is InChI=1S/C18H31N5OS/c1-14-17(25-15(2)21-14)4-6-20-18(19-3)23-9-7-22(8-10-23)12-16-5-11-24-13-16/h16H,4-13H2,1-3H3,(H,19,20). The van der Waals surface area contributed by atoms with Crippen molar-refractivity contribution in [3.05, 3.63) is 15.6 Å². The smallest absolute Gasteiger partial charge is 0.193 e. The molecule has 7 heteroatoms. The van der Waals surface area contributed by atoms with Gasteiger partial charge in [-0.05, 0) is 26.2 Å². The topological polar surface area (TPSA) is 53.0 Å². The molecule has 3 rings (SSSR count). The van der Waals surface area contributed by atoms with Gasteiger partial charge in [-0.3, -0.25) is 9.89 Å². The van der Waals surface area contributed by atoms with Gasteiger partial charge >= 0.3 is 0 Å². The lowest BCUT2D eigenvalue weighted by molar-refractivity contribution is 0.139. The van der Waals surface area contributed by atoms with Gasteiger partial charge in [0.25, 0.3) is 0 Å². The summed E-state index contributed by atoms with van der Waals surface area (Å²) in [5, 5.41) is 4.68. The molecular weight excluding hydrogens is 334 g/mol. The Labute approximate surface area is 155 Å². The third kappa shape index (κ3) is 5.15. The number of hydrogen-bond donors (Lipinski definition) is 1. The summed E-state index contributed by atoms with van der Waals surface area (Å²) in [4.78, 5) is 15.3. The Morgan fingerprint density at radius 3 is 2.72 bits per heavy atom. The first kappa shape index (κ1) is 18.6. The summed E-state index contributed by atoms with van der Waals surface area (Å²) < 4.78 is 5.50. The highest BCUT2D eigenvalue weighted by Gasteiger charge is 2.23. The highest BCUT2D eigenvalue weighted by atomic mass is 32.1. The van der Waals surface area contributed by atoms with Crippen LogP contribution in [-0.4, -0.2) is 80.3 Å². The van der Waals surface area contributed by atoms with Crippen molar-refractivity contribution in [3.63, 3.8) is 0 Å². The number of aryl methyl sites for hydroxylation is 2. The van der Waals surface area contributed by atoms with E-state index in [-0.39, 0.29) is 0 Å². The molecule has 0 aromatic carbocycles. The van der Waals surface area contributed by atoms with Gasteiger partial charge in [-0.2, -0.15) is 0 Å². The lowest BCUT2D eigenvalue weighted by Gasteiger charge is -2.37. The van der Waals surface area contributed by atoms with Crippen molar-refractivity contribution >= 4 is 17.3 Å². The summed E-state index contributed by atoms with van der Waals surface area (Å²) in [5.41, 5.74) is 1.17. The molecule has 2 fully saturated rings. The Kier molecular flexibility index (Phi) is 6.67. The van der Waals surface area contributed by atoms with Crippen LogP contribution in [0.1, 0.15) is 22.0 Å². The summed E-state index contributed by atoms with van der Waals surface area (Å²) in [6.07, 6.45) is 2.23. The molecule has 0 radical (unpaired) electrons. The van der Waals surface area contributed by atoms with E-state index in [0.29, 0.717) is 0 Å². The van der Waals surface area contributed by atoms with Crippen molar-refractivity contribution in [1.82, 2.24) is 20.1 Å². The first-order valence-corrected chi connectivity index (χ1v) is 10.2. The van der Waals surface area contributed by atoms with Crippen LogP contribution in [-0.2, 0) is 11.2 Å². The fourth-order valence-electron chi connectivity index (χ4n) is 3.66. The fraction of sp³-hybridized carbons (Fsp3) is 0.778. The lowest BCUT2D eigenvalue weighted by Crippen LogP contribution is -2.53. The van der Waals surface area contributed by atoms with E-state index in [1.54, 1.807) is 11.3 Å². The van der Waals surface area contributed by atoms with Crippen molar-refractivity contribution < 1.29 is 4.74 Å². The van der Waals surface area contributed by atoms with Crippen LogP contribution in [0, 0.1) is 19.8 Å². The first-order valence-electron chi connectivity index (χ1n) is 9.34. The molecule has 2 aliphatic heterocycles. The number of aromatic nitrogens is 1. The Bertz CT molecular complexity index is 574. The molecule has 3 heterocycles. The van der Waals surface area contributed by atoms with Crippen LogP contribution in [0.4, 0.5) is 0 Å². The van der Waals surface area contributed by atoms with Gasteiger partial charge in [0.05, 0.1) is 17.3 Å². The SMILES string of the molecule is CN=C(NCCc1sc(C)nc1C)N1CCN(CC2CCOC2)CC1. The molecule has 2 saturated heterocycles. The quantitative estimate of drug-likeness (QED) is 0.634. The summed E-state index contributed by atoms with van der Waals surface area (Å²) in [7, 11) is 1.88. The minimum absolute atomic E-state index is 0.732. The molecule has 1 atom stereocenters. The molecule has 1 aromatic rings. The van der Waals surface area contributed by atoms with Crippen molar-refractivity contribution in [2.45, 2.75) is 26.7 Å². The summed E-state index contributed by atoms with van der Waals surface area (Å²) in [6, 6.07) is 0. The number of nitrogens with one attached hydrogen (secondary N) is 1. The van der Waals surface area contributed by atoms with Crippen LogP contribution < -0.4 is 5.32 Å². The molecule has 0 bridgehead atoms. The van der Waals surface area contributed by atoms with Gasteiger partial charge in [-0.1, -0.05) is 0 Å². The second-order valence-electron chi connectivity index (χ2n) is 6.98. The highest BCUT2D eigenvalue weighted by molar-refractivity contribution is 7.11. The zero-order valence-electron chi connectivity index (χ0n) is 15.8. The molecular formula is C18H31N5OS. The number of hydrogen-bond acceptors (Lipinski definition) is 5. The van der Waals surface area contributed by atoms with E-state index in [1.807, 2.05) is 7.05 Å². The molecule has 1 aromatic heterocycles. The molecule has 0 aliphatic carbocycles. The summed E-state index contributed by atoms with van der Waals surface area (Å²) in [5.74, 6) is 1.76. The third-order valence-corrected chi connectivity index (χ3v) is 6.19. The van der Waals surface area contributed by atoms with Crippen molar-refractivity contribution in [2.24, 2.45) is 10.9 Å². The van der Waals surface area contributed by atoms with E-state index in [2.05, 4.69) is 38.9 Å². The molecule has 0 saturated carbocycles. The van der Waals surface area contributed by atoms with Crippen LogP contribution in [0.2, 0.25) is 0 Å². The van der Waals surface area contributed by atoms with Gasteiger partial charge in [0.1, 0.15) is 0 Å². The highest BCUT2D eigenvalue weighted by Crippen LogP contribution is 2.17. The van der Waals surface area contributed by atoms with Crippen molar-refractivity contribution in [2.75, 3.05) is 59.5 Å². The van der Waals surface area contributed by atoms with Crippen molar-refractivity contribution in [1.29, 1.82) is 0 Å². The zero-order chi connectivity index (χ0) is 17.6. The number of ether oxygens (including phenoxy) is 1. The summed E-state index contributed by atoms with van der Waals surface area (Å²) in [6.45, 7) is 12.5. The van der Waals surface area contributed by atoms with E-state index in [4.69, 9.17) is 4.74 Å². The second-order valence-corrected chi connectivity index (χ2v) is 8.27. The van der Waals surface area contributed by atoms with Crippen LogP contribution in [0.3, 0.4) is 0 Å². The zero-order valence-corrected chi connectivity index (χ0v) is 16.6. The minimum Gasteiger partial charge on any atom is -0.381 e. The van der Waals surface area contributed by atoms with Gasteiger partial charge in [-0.25, -0.2) is 4.98 Å². The number of nitrogens with zero attached hydrogens (tertiary/aromatic N) is 4. The molecule has 1 N–H and O–H groups in total. The average Bonchev–Trinajstić information content (AvgIpc) is 3.22. The normalized spacial score (nSPS) is 22.6. The monoisotopic (exact) mass is 365 g/mol. The number of aliphatic imine (C=N–C) groups is 1. The van der Waals surface area contributed by atoms with Crippen LogP contribution >= 0.6 is 11.3 Å². The van der Waals surface area contributed by atoms with E-state index in [9.17, 15) is 0 Å². The van der Waals surface area contributed by atoms with E-state index >= 15 is 0 Å². The van der Waals surface area contributed by atoms with E-state index in [0.717, 1.165) is 69.2 Å². The number of piperazine rings is 1. The van der Waals surface area contributed by atoms with Crippen LogP contribution in [0.15, 0.2) is 4.99 Å². The van der Waals surface area contributed by atoms with Crippen LogP contribution in [0.25, 0.3) is 0 Å². The summed E-state index contributed by atoms with van der Waals surface area (Å²) >= 11 is 1.80. The Balaban J connectivity index is 1.40. The maximum atomic E-state index is 5.50. The molecule has 2 aliphatic rings. The Morgan fingerprint density at radius 1 is 1.32 bits per heavy atom. The number of rotatable bonds is 5. The maximum Gasteiger partial charge on any atom is 0.193 e. The van der Waals surface area contributed by atoms with Gasteiger partial charge in [-0.15, -0.1) is 11.3 Å². The molecule has 25 heavy (non-hydrogen) atoms. The van der Waals surface area contributed by atoms with Gasteiger partial charge in [0.2, 0.25) is 0 Å². The fourth-order valence-corrected chi connectivity index (χ4v) is 4.60. The first-order chi connectivity index (χ1) is 12.2. The predicted molar refractivity (Wildman–Crippen MR) is 104 cm³/mol. The predicted octanol–water partition coefficient (Wildman–Crippen LogP) is 1.53. The largest absolute Gasteiger partial charge is 0.381 e. The molecule has 0 spiro atoms.